The standard InChI is InChI=1S/C53H34N2O/c1-2-12-35(13-3-1)45-17-10-11-21-50(45)55(42-28-24-37(25-29-42)49-34-40-15-5-6-16-44(40)47-19-8-9-20-48(47)49)43-30-26-38-32-41(23-22-39(38)33-43)53-54-52-46-18-7-4-14-36(46)27-31-51(52)56-53/h1-34H. The first kappa shape index (κ1) is 32.0. The van der Waals surface area contributed by atoms with Crippen LogP contribution in [0.5, 0.6) is 0 Å². The van der Waals surface area contributed by atoms with Crippen molar-refractivity contribution >= 4 is 71.3 Å². The van der Waals surface area contributed by atoms with Gasteiger partial charge in [-0.15, -0.1) is 0 Å². The zero-order valence-electron chi connectivity index (χ0n) is 30.4. The predicted octanol–water partition coefficient (Wildman–Crippen LogP) is 14.9. The molecule has 3 heteroatoms. The Morgan fingerprint density at radius 2 is 0.964 bits per heavy atom. The maximum absolute atomic E-state index is 6.31. The van der Waals surface area contributed by atoms with Crippen molar-refractivity contribution in [3.63, 3.8) is 0 Å². The van der Waals surface area contributed by atoms with Crippen molar-refractivity contribution < 1.29 is 4.42 Å². The third-order valence-corrected chi connectivity index (χ3v) is 11.0. The lowest BCUT2D eigenvalue weighted by atomic mass is 9.93. The minimum atomic E-state index is 0.625. The number of nitrogens with zero attached hydrogens (tertiary/aromatic N) is 2. The molecule has 11 aromatic rings. The molecule has 0 saturated carbocycles. The summed E-state index contributed by atoms with van der Waals surface area (Å²) in [5, 5.41) is 9.55. The second-order valence-corrected chi connectivity index (χ2v) is 14.4. The molecule has 0 N–H and O–H groups in total. The summed E-state index contributed by atoms with van der Waals surface area (Å²) >= 11 is 0. The Labute approximate surface area is 324 Å². The first-order chi connectivity index (χ1) is 27.7. The molecule has 0 saturated heterocycles. The van der Waals surface area contributed by atoms with Crippen LogP contribution in [0.1, 0.15) is 0 Å². The minimum Gasteiger partial charge on any atom is -0.436 e. The lowest BCUT2D eigenvalue weighted by Crippen LogP contribution is -2.11. The summed E-state index contributed by atoms with van der Waals surface area (Å²) < 4.78 is 6.31. The molecule has 10 aromatic carbocycles. The van der Waals surface area contributed by atoms with Crippen LogP contribution < -0.4 is 4.90 Å². The van der Waals surface area contributed by atoms with E-state index in [2.05, 4.69) is 199 Å². The molecule has 0 unspecified atom stereocenters. The summed E-state index contributed by atoms with van der Waals surface area (Å²) in [5.41, 5.74) is 10.7. The Kier molecular flexibility index (Phi) is 7.49. The monoisotopic (exact) mass is 714 g/mol. The Hall–Kier alpha value is -7.49. The normalized spacial score (nSPS) is 11.6. The summed E-state index contributed by atoms with van der Waals surface area (Å²) in [5.74, 6) is 0.625. The van der Waals surface area contributed by atoms with E-state index in [1.54, 1.807) is 0 Å². The molecular weight excluding hydrogens is 681 g/mol. The van der Waals surface area contributed by atoms with E-state index in [9.17, 15) is 0 Å². The molecule has 262 valence electrons. The van der Waals surface area contributed by atoms with Gasteiger partial charge >= 0.3 is 0 Å². The van der Waals surface area contributed by atoms with Crippen LogP contribution in [0.2, 0.25) is 0 Å². The molecule has 0 aliphatic heterocycles. The van der Waals surface area contributed by atoms with Crippen molar-refractivity contribution in [1.82, 2.24) is 4.98 Å². The zero-order valence-corrected chi connectivity index (χ0v) is 30.4. The third-order valence-electron chi connectivity index (χ3n) is 11.0. The van der Waals surface area contributed by atoms with Gasteiger partial charge in [-0.3, -0.25) is 0 Å². The number of rotatable bonds is 6. The van der Waals surface area contributed by atoms with Gasteiger partial charge in [-0.05, 0) is 109 Å². The minimum absolute atomic E-state index is 0.625. The highest BCUT2D eigenvalue weighted by Gasteiger charge is 2.19. The molecule has 3 nitrogen and oxygen atoms in total. The summed E-state index contributed by atoms with van der Waals surface area (Å²) in [4.78, 5) is 7.35. The van der Waals surface area contributed by atoms with Gasteiger partial charge in [-0.25, -0.2) is 4.98 Å². The van der Waals surface area contributed by atoms with E-state index < -0.39 is 0 Å². The third kappa shape index (κ3) is 5.40. The van der Waals surface area contributed by atoms with Crippen molar-refractivity contribution in [1.29, 1.82) is 0 Å². The van der Waals surface area contributed by atoms with Gasteiger partial charge in [0.15, 0.2) is 5.58 Å². The Bertz CT molecular complexity index is 3250. The van der Waals surface area contributed by atoms with Crippen LogP contribution >= 0.6 is 0 Å². The summed E-state index contributed by atoms with van der Waals surface area (Å²) in [6.07, 6.45) is 0. The van der Waals surface area contributed by atoms with Crippen LogP contribution in [0.3, 0.4) is 0 Å². The average Bonchev–Trinajstić information content (AvgIpc) is 3.72. The first-order valence-electron chi connectivity index (χ1n) is 19.0. The van der Waals surface area contributed by atoms with Gasteiger partial charge in [0.05, 0.1) is 5.69 Å². The van der Waals surface area contributed by atoms with E-state index in [0.29, 0.717) is 5.89 Å². The average molecular weight is 715 g/mol. The largest absolute Gasteiger partial charge is 0.436 e. The maximum Gasteiger partial charge on any atom is 0.227 e. The number of oxazole rings is 1. The molecule has 1 aromatic heterocycles. The van der Waals surface area contributed by atoms with Crippen molar-refractivity contribution in [3.05, 3.63) is 206 Å². The molecule has 0 spiro atoms. The maximum atomic E-state index is 6.31. The van der Waals surface area contributed by atoms with E-state index in [4.69, 9.17) is 9.40 Å². The van der Waals surface area contributed by atoms with Gasteiger partial charge < -0.3 is 9.32 Å². The number of aromatic nitrogens is 1. The molecule has 0 bridgehead atoms. The lowest BCUT2D eigenvalue weighted by molar-refractivity contribution is 0.620. The fourth-order valence-electron chi connectivity index (χ4n) is 8.33. The first-order valence-corrected chi connectivity index (χ1v) is 19.0. The van der Waals surface area contributed by atoms with Gasteiger partial charge in [0, 0.05) is 27.9 Å². The van der Waals surface area contributed by atoms with E-state index in [0.717, 1.165) is 60.8 Å². The van der Waals surface area contributed by atoms with Crippen molar-refractivity contribution in [3.8, 4) is 33.7 Å². The summed E-state index contributed by atoms with van der Waals surface area (Å²) in [7, 11) is 0. The molecule has 0 amide bonds. The molecule has 11 rings (SSSR count). The number of para-hydroxylation sites is 1. The predicted molar refractivity (Wildman–Crippen MR) is 235 cm³/mol. The second-order valence-electron chi connectivity index (χ2n) is 14.4. The van der Waals surface area contributed by atoms with E-state index in [1.807, 2.05) is 12.1 Å². The van der Waals surface area contributed by atoms with Gasteiger partial charge in [-0.2, -0.15) is 0 Å². The van der Waals surface area contributed by atoms with Crippen LogP contribution in [0.15, 0.2) is 211 Å². The van der Waals surface area contributed by atoms with Crippen molar-refractivity contribution in [2.24, 2.45) is 0 Å². The quantitative estimate of drug-likeness (QED) is 0.161. The van der Waals surface area contributed by atoms with E-state index in [1.165, 1.54) is 38.2 Å². The Morgan fingerprint density at radius 3 is 1.82 bits per heavy atom. The molecular formula is C53H34N2O. The lowest BCUT2D eigenvalue weighted by Gasteiger charge is -2.28. The fourth-order valence-corrected chi connectivity index (χ4v) is 8.33. The van der Waals surface area contributed by atoms with Gasteiger partial charge in [0.25, 0.3) is 0 Å². The van der Waals surface area contributed by atoms with Crippen molar-refractivity contribution in [2.75, 3.05) is 4.90 Å². The second kappa shape index (κ2) is 13.1. The van der Waals surface area contributed by atoms with E-state index in [-0.39, 0.29) is 0 Å². The highest BCUT2D eigenvalue weighted by Crippen LogP contribution is 2.43. The van der Waals surface area contributed by atoms with Gasteiger partial charge in [-0.1, -0.05) is 152 Å². The molecule has 0 atom stereocenters. The smallest absolute Gasteiger partial charge is 0.227 e. The highest BCUT2D eigenvalue weighted by atomic mass is 16.3. The van der Waals surface area contributed by atoms with E-state index >= 15 is 0 Å². The summed E-state index contributed by atoms with van der Waals surface area (Å²) in [6, 6.07) is 73.7. The number of fused-ring (bicyclic) bond motifs is 7. The number of anilines is 3. The van der Waals surface area contributed by atoms with Crippen LogP contribution in [-0.2, 0) is 0 Å². The summed E-state index contributed by atoms with van der Waals surface area (Å²) in [6.45, 7) is 0. The number of hydrogen-bond donors (Lipinski definition) is 0. The zero-order chi connectivity index (χ0) is 37.0. The number of benzene rings is 10. The van der Waals surface area contributed by atoms with Gasteiger partial charge in [0.1, 0.15) is 5.52 Å². The topological polar surface area (TPSA) is 29.3 Å². The van der Waals surface area contributed by atoms with Crippen LogP contribution in [-0.4, -0.2) is 4.98 Å². The van der Waals surface area contributed by atoms with Crippen molar-refractivity contribution in [2.45, 2.75) is 0 Å². The fraction of sp³-hybridized carbons (Fsp3) is 0. The Balaban J connectivity index is 1.03. The van der Waals surface area contributed by atoms with Crippen LogP contribution in [0.4, 0.5) is 17.1 Å². The molecule has 0 aliphatic carbocycles. The van der Waals surface area contributed by atoms with Gasteiger partial charge in [0.2, 0.25) is 5.89 Å². The molecule has 1 heterocycles. The molecule has 0 radical (unpaired) electrons. The van der Waals surface area contributed by atoms with Crippen LogP contribution in [0.25, 0.3) is 87.9 Å². The highest BCUT2D eigenvalue weighted by molar-refractivity contribution is 6.14. The Morgan fingerprint density at radius 1 is 0.357 bits per heavy atom. The molecule has 0 fully saturated rings. The molecule has 0 aliphatic rings. The SMILES string of the molecule is c1ccc(-c2ccccc2N(c2ccc(-c3cc4ccccc4c4ccccc34)cc2)c2ccc3cc(-c4nc5c(ccc6ccccc65)o4)ccc3c2)cc1. The van der Waals surface area contributed by atoms with Crippen LogP contribution in [0, 0.1) is 0 Å². The molecule has 56 heavy (non-hydrogen) atoms. The number of hydrogen-bond acceptors (Lipinski definition) is 3.